The SMILES string of the molecule is Cc1cc(C(C)Nc2ccccc2C(=O)OC(C)(C)C)c2nc(-c3ccc(C#N)nc3)c(C)c(=O)n2c1. The maximum atomic E-state index is 13.4. The standard InChI is InChI=1S/C29H29N5O3/c1-17-13-23(19(3)32-24-10-8-7-9-22(24)28(36)37-29(4,5)6)26-33-25(18(2)27(35)34(26)16-17)20-11-12-21(14-30)31-15-20/h7-13,15-16,19,32H,1-6H3. The number of aromatic nitrogens is 3. The summed E-state index contributed by atoms with van der Waals surface area (Å²) >= 11 is 0. The van der Waals surface area contributed by atoms with Crippen molar-refractivity contribution in [3.05, 3.63) is 93.2 Å². The molecule has 1 atom stereocenters. The molecule has 0 saturated heterocycles. The number of rotatable bonds is 5. The Kier molecular flexibility index (Phi) is 6.82. The van der Waals surface area contributed by atoms with E-state index in [4.69, 9.17) is 15.0 Å². The fraction of sp³-hybridized carbons (Fsp3) is 0.276. The predicted octanol–water partition coefficient (Wildman–Crippen LogP) is 5.37. The third-order valence-electron chi connectivity index (χ3n) is 5.85. The zero-order valence-corrected chi connectivity index (χ0v) is 21.8. The first-order valence-corrected chi connectivity index (χ1v) is 12.0. The summed E-state index contributed by atoms with van der Waals surface area (Å²) in [7, 11) is 0. The number of nitrogens with zero attached hydrogens (tertiary/aromatic N) is 4. The van der Waals surface area contributed by atoms with Gasteiger partial charge in [0.2, 0.25) is 0 Å². The van der Waals surface area contributed by atoms with E-state index in [1.165, 1.54) is 0 Å². The van der Waals surface area contributed by atoms with Gasteiger partial charge in [-0.3, -0.25) is 9.20 Å². The predicted molar refractivity (Wildman–Crippen MR) is 143 cm³/mol. The van der Waals surface area contributed by atoms with Crippen molar-refractivity contribution in [2.75, 3.05) is 5.32 Å². The average Bonchev–Trinajstić information content (AvgIpc) is 2.85. The van der Waals surface area contributed by atoms with E-state index in [0.717, 1.165) is 11.1 Å². The lowest BCUT2D eigenvalue weighted by Crippen LogP contribution is -2.25. The van der Waals surface area contributed by atoms with Crippen molar-refractivity contribution >= 4 is 17.3 Å². The number of ether oxygens (including phenoxy) is 1. The number of pyridine rings is 2. The second kappa shape index (κ2) is 9.86. The number of para-hydroxylation sites is 1. The van der Waals surface area contributed by atoms with Gasteiger partial charge in [-0.25, -0.2) is 14.8 Å². The Morgan fingerprint density at radius 3 is 2.54 bits per heavy atom. The van der Waals surface area contributed by atoms with Gasteiger partial charge in [0.15, 0.2) is 0 Å². The van der Waals surface area contributed by atoms with Crippen LogP contribution in [0.15, 0.2) is 59.7 Å². The van der Waals surface area contributed by atoms with Gasteiger partial charge >= 0.3 is 5.97 Å². The topological polar surface area (TPSA) is 109 Å². The molecular formula is C29H29N5O3. The molecule has 0 bridgehead atoms. The summed E-state index contributed by atoms with van der Waals surface area (Å²) in [5.41, 5.74) is 4.35. The number of fused-ring (bicyclic) bond motifs is 1. The first kappa shape index (κ1) is 25.6. The van der Waals surface area contributed by atoms with Gasteiger partial charge in [-0.2, -0.15) is 5.26 Å². The molecule has 0 fully saturated rings. The van der Waals surface area contributed by atoms with E-state index in [0.29, 0.717) is 33.7 Å². The molecule has 4 rings (SSSR count). The summed E-state index contributed by atoms with van der Waals surface area (Å²) in [6.07, 6.45) is 3.32. The van der Waals surface area contributed by atoms with Gasteiger partial charge in [-0.1, -0.05) is 12.1 Å². The molecule has 0 saturated carbocycles. The highest BCUT2D eigenvalue weighted by atomic mass is 16.6. The average molecular weight is 496 g/mol. The normalized spacial score (nSPS) is 12.1. The molecule has 37 heavy (non-hydrogen) atoms. The molecule has 1 unspecified atom stereocenters. The molecule has 0 spiro atoms. The van der Waals surface area contributed by atoms with Gasteiger partial charge in [0.05, 0.1) is 17.3 Å². The van der Waals surface area contributed by atoms with Crippen LogP contribution >= 0.6 is 0 Å². The third kappa shape index (κ3) is 5.36. The number of carbonyl (C=O) groups excluding carboxylic acids is 1. The summed E-state index contributed by atoms with van der Waals surface area (Å²) in [4.78, 5) is 35.2. The summed E-state index contributed by atoms with van der Waals surface area (Å²) in [6, 6.07) is 14.2. The van der Waals surface area contributed by atoms with Gasteiger partial charge in [0.25, 0.3) is 5.56 Å². The number of benzene rings is 1. The number of aryl methyl sites for hydroxylation is 1. The van der Waals surface area contributed by atoms with Crippen molar-refractivity contribution in [1.29, 1.82) is 5.26 Å². The second-order valence-electron chi connectivity index (χ2n) is 10.0. The molecule has 8 nitrogen and oxygen atoms in total. The molecule has 0 amide bonds. The molecule has 1 N–H and O–H groups in total. The minimum atomic E-state index is -0.623. The fourth-order valence-electron chi connectivity index (χ4n) is 4.13. The number of nitrogens with one attached hydrogen (secondary N) is 1. The Hall–Kier alpha value is -4.51. The molecular weight excluding hydrogens is 466 g/mol. The Morgan fingerprint density at radius 2 is 1.89 bits per heavy atom. The first-order valence-electron chi connectivity index (χ1n) is 12.0. The van der Waals surface area contributed by atoms with E-state index >= 15 is 0 Å². The van der Waals surface area contributed by atoms with Crippen molar-refractivity contribution in [1.82, 2.24) is 14.4 Å². The monoisotopic (exact) mass is 495 g/mol. The third-order valence-corrected chi connectivity index (χ3v) is 5.85. The lowest BCUT2D eigenvalue weighted by atomic mass is 10.0. The largest absolute Gasteiger partial charge is 0.456 e. The van der Waals surface area contributed by atoms with Crippen molar-refractivity contribution < 1.29 is 9.53 Å². The summed E-state index contributed by atoms with van der Waals surface area (Å²) in [6.45, 7) is 11.1. The molecule has 3 heterocycles. The number of carbonyl (C=O) groups is 1. The lowest BCUT2D eigenvalue weighted by molar-refractivity contribution is 0.00706. The number of esters is 1. The van der Waals surface area contributed by atoms with Crippen LogP contribution in [0.4, 0.5) is 5.69 Å². The Bertz CT molecular complexity index is 1590. The highest BCUT2D eigenvalue weighted by Crippen LogP contribution is 2.28. The molecule has 188 valence electrons. The van der Waals surface area contributed by atoms with Crippen LogP contribution in [0.2, 0.25) is 0 Å². The van der Waals surface area contributed by atoms with Crippen LogP contribution in [0, 0.1) is 25.2 Å². The second-order valence-corrected chi connectivity index (χ2v) is 10.0. The van der Waals surface area contributed by atoms with E-state index in [1.807, 2.05) is 58.9 Å². The summed E-state index contributed by atoms with van der Waals surface area (Å²) in [5.74, 6) is -0.419. The molecule has 0 aliphatic heterocycles. The molecule has 4 aromatic rings. The fourth-order valence-corrected chi connectivity index (χ4v) is 4.13. The highest BCUT2D eigenvalue weighted by molar-refractivity contribution is 5.96. The van der Waals surface area contributed by atoms with Crippen LogP contribution in [0.1, 0.15) is 66.5 Å². The van der Waals surface area contributed by atoms with Crippen LogP contribution in [-0.2, 0) is 4.74 Å². The molecule has 0 aliphatic rings. The Labute approximate surface area is 215 Å². The van der Waals surface area contributed by atoms with Gasteiger partial charge in [-0.15, -0.1) is 0 Å². The molecule has 0 radical (unpaired) electrons. The first-order chi connectivity index (χ1) is 17.5. The van der Waals surface area contributed by atoms with E-state index < -0.39 is 11.6 Å². The van der Waals surface area contributed by atoms with Gasteiger partial charge in [0.1, 0.15) is 23.0 Å². The Balaban J connectivity index is 1.81. The van der Waals surface area contributed by atoms with Crippen molar-refractivity contribution in [2.24, 2.45) is 0 Å². The number of nitriles is 1. The number of hydrogen-bond acceptors (Lipinski definition) is 7. The van der Waals surface area contributed by atoms with Crippen LogP contribution in [0.25, 0.3) is 16.9 Å². The lowest BCUT2D eigenvalue weighted by Gasteiger charge is -2.23. The van der Waals surface area contributed by atoms with E-state index in [-0.39, 0.29) is 17.3 Å². The highest BCUT2D eigenvalue weighted by Gasteiger charge is 2.22. The molecule has 3 aromatic heterocycles. The smallest absolute Gasteiger partial charge is 0.340 e. The van der Waals surface area contributed by atoms with Gasteiger partial charge < -0.3 is 10.1 Å². The zero-order chi connectivity index (χ0) is 26.9. The van der Waals surface area contributed by atoms with Crippen molar-refractivity contribution in [3.8, 4) is 17.3 Å². The maximum Gasteiger partial charge on any atom is 0.340 e. The van der Waals surface area contributed by atoms with Crippen LogP contribution in [0.3, 0.4) is 0 Å². The van der Waals surface area contributed by atoms with Gasteiger partial charge in [-0.05, 0) is 77.4 Å². The molecule has 1 aromatic carbocycles. The van der Waals surface area contributed by atoms with E-state index in [1.54, 1.807) is 48.0 Å². The van der Waals surface area contributed by atoms with E-state index in [2.05, 4.69) is 10.3 Å². The minimum Gasteiger partial charge on any atom is -0.456 e. The zero-order valence-electron chi connectivity index (χ0n) is 21.8. The summed E-state index contributed by atoms with van der Waals surface area (Å²) in [5, 5.41) is 12.5. The summed E-state index contributed by atoms with van der Waals surface area (Å²) < 4.78 is 7.14. The van der Waals surface area contributed by atoms with E-state index in [9.17, 15) is 9.59 Å². The number of hydrogen-bond donors (Lipinski definition) is 1. The van der Waals surface area contributed by atoms with Crippen LogP contribution in [-0.4, -0.2) is 25.9 Å². The molecule has 0 aliphatic carbocycles. The minimum absolute atomic E-state index is 0.185. The van der Waals surface area contributed by atoms with Crippen LogP contribution in [0.5, 0.6) is 0 Å². The van der Waals surface area contributed by atoms with Gasteiger partial charge in [0, 0.05) is 34.8 Å². The van der Waals surface area contributed by atoms with Crippen molar-refractivity contribution in [3.63, 3.8) is 0 Å². The Morgan fingerprint density at radius 1 is 1.16 bits per heavy atom. The number of anilines is 1. The van der Waals surface area contributed by atoms with Crippen LogP contribution < -0.4 is 10.9 Å². The van der Waals surface area contributed by atoms with Crippen molar-refractivity contribution in [2.45, 2.75) is 53.2 Å². The maximum absolute atomic E-state index is 13.4. The molecule has 8 heteroatoms. The quantitative estimate of drug-likeness (QED) is 0.371.